The Morgan fingerprint density at radius 3 is 2.79 bits per heavy atom. The Kier molecular flexibility index (Phi) is 4.13. The number of ether oxygens (including phenoxy) is 1. The van der Waals surface area contributed by atoms with Gasteiger partial charge in [-0.1, -0.05) is 18.7 Å². The van der Waals surface area contributed by atoms with Crippen LogP contribution >= 0.6 is 11.8 Å². The minimum atomic E-state index is -0.721. The molecule has 1 fully saturated rings. The Bertz CT molecular complexity index is 246. The molecule has 1 heterocycles. The molecular weight excluding hydrogens is 204 g/mol. The molecule has 0 saturated carbocycles. The second-order valence-corrected chi connectivity index (χ2v) is 4.04. The highest BCUT2D eigenvalue weighted by molar-refractivity contribution is 8.15. The van der Waals surface area contributed by atoms with Crippen molar-refractivity contribution in [2.75, 3.05) is 12.4 Å². The number of ketones is 1. The van der Waals surface area contributed by atoms with Crippen molar-refractivity contribution in [1.82, 2.24) is 0 Å². The van der Waals surface area contributed by atoms with Crippen molar-refractivity contribution < 1.29 is 19.1 Å². The number of Topliss-reactive ketones (excluding diaryl/α,β-unsaturated/α-hetero) is 1. The molecule has 1 aliphatic heterocycles. The third kappa shape index (κ3) is 2.83. The molecule has 1 rings (SSSR count). The third-order valence-electron chi connectivity index (χ3n) is 1.89. The topological polar surface area (TPSA) is 60.4 Å². The number of carbonyl (C=O) groups excluding carboxylic acids is 3. The number of rotatable bonds is 4. The van der Waals surface area contributed by atoms with E-state index in [4.69, 9.17) is 4.74 Å². The molecule has 14 heavy (non-hydrogen) atoms. The van der Waals surface area contributed by atoms with Crippen LogP contribution in [0.2, 0.25) is 0 Å². The van der Waals surface area contributed by atoms with E-state index in [1.54, 1.807) is 0 Å². The molecular formula is C9H12O4S. The van der Waals surface area contributed by atoms with Gasteiger partial charge in [-0.25, -0.2) is 0 Å². The molecule has 0 spiro atoms. The lowest BCUT2D eigenvalue weighted by Crippen LogP contribution is -2.23. The zero-order valence-electron chi connectivity index (χ0n) is 7.95. The van der Waals surface area contributed by atoms with Crippen molar-refractivity contribution in [2.24, 2.45) is 5.92 Å². The zero-order chi connectivity index (χ0) is 10.6. The second-order valence-electron chi connectivity index (χ2n) is 3.06. The van der Waals surface area contributed by atoms with E-state index in [1.807, 2.05) is 6.92 Å². The SMILES string of the molecule is CCCC(=O)OCC1C(=O)CSC1=O. The molecule has 0 N–H and O–H groups in total. The van der Waals surface area contributed by atoms with Crippen LogP contribution in [-0.4, -0.2) is 29.2 Å². The quantitative estimate of drug-likeness (QED) is 0.513. The van der Waals surface area contributed by atoms with Gasteiger partial charge in [0.2, 0.25) is 5.12 Å². The standard InChI is InChI=1S/C9H12O4S/c1-2-3-8(11)13-4-6-7(10)5-14-9(6)12/h6H,2-5H2,1H3. The van der Waals surface area contributed by atoms with Crippen LogP contribution in [0.25, 0.3) is 0 Å². The molecule has 1 unspecified atom stereocenters. The molecule has 0 aromatic heterocycles. The van der Waals surface area contributed by atoms with Crippen LogP contribution in [0.3, 0.4) is 0 Å². The Hall–Kier alpha value is -0.840. The van der Waals surface area contributed by atoms with Gasteiger partial charge in [-0.05, 0) is 6.42 Å². The molecule has 0 aromatic carbocycles. The van der Waals surface area contributed by atoms with Crippen LogP contribution < -0.4 is 0 Å². The lowest BCUT2D eigenvalue weighted by Gasteiger charge is -2.06. The first kappa shape index (κ1) is 11.2. The fourth-order valence-electron chi connectivity index (χ4n) is 1.09. The minimum Gasteiger partial charge on any atom is -0.464 e. The highest BCUT2D eigenvalue weighted by Crippen LogP contribution is 2.22. The molecule has 78 valence electrons. The van der Waals surface area contributed by atoms with Gasteiger partial charge < -0.3 is 4.74 Å². The average Bonchev–Trinajstić information content (AvgIpc) is 2.44. The van der Waals surface area contributed by atoms with Gasteiger partial charge >= 0.3 is 5.97 Å². The lowest BCUT2D eigenvalue weighted by atomic mass is 10.1. The van der Waals surface area contributed by atoms with Crippen LogP contribution in [0, 0.1) is 5.92 Å². The summed E-state index contributed by atoms with van der Waals surface area (Å²) in [6.45, 7) is 1.78. The molecule has 0 aliphatic carbocycles. The van der Waals surface area contributed by atoms with Crippen molar-refractivity contribution in [1.29, 1.82) is 0 Å². The monoisotopic (exact) mass is 216 g/mol. The first-order valence-corrected chi connectivity index (χ1v) is 5.48. The van der Waals surface area contributed by atoms with Gasteiger partial charge in [0, 0.05) is 6.42 Å². The van der Waals surface area contributed by atoms with E-state index in [9.17, 15) is 14.4 Å². The third-order valence-corrected chi connectivity index (χ3v) is 2.89. The highest BCUT2D eigenvalue weighted by Gasteiger charge is 2.34. The van der Waals surface area contributed by atoms with Gasteiger partial charge in [0.25, 0.3) is 0 Å². The normalized spacial score (nSPS) is 21.4. The summed E-state index contributed by atoms with van der Waals surface area (Å²) in [7, 11) is 0. The number of esters is 1. The largest absolute Gasteiger partial charge is 0.464 e. The van der Waals surface area contributed by atoms with Crippen molar-refractivity contribution >= 4 is 28.6 Å². The van der Waals surface area contributed by atoms with E-state index < -0.39 is 5.92 Å². The first-order chi connectivity index (χ1) is 6.65. The zero-order valence-corrected chi connectivity index (χ0v) is 8.76. The molecule has 1 aliphatic rings. The van der Waals surface area contributed by atoms with Crippen molar-refractivity contribution in [3.8, 4) is 0 Å². The van der Waals surface area contributed by atoms with Crippen molar-refractivity contribution in [3.05, 3.63) is 0 Å². The summed E-state index contributed by atoms with van der Waals surface area (Å²) in [5.74, 6) is -0.982. The predicted molar refractivity (Wildman–Crippen MR) is 51.8 cm³/mol. The van der Waals surface area contributed by atoms with Crippen LogP contribution in [-0.2, 0) is 19.1 Å². The lowest BCUT2D eigenvalue weighted by molar-refractivity contribution is -0.146. The maximum Gasteiger partial charge on any atom is 0.305 e. The van der Waals surface area contributed by atoms with Gasteiger partial charge in [-0.2, -0.15) is 0 Å². The van der Waals surface area contributed by atoms with Gasteiger partial charge in [0.15, 0.2) is 5.78 Å². The Morgan fingerprint density at radius 1 is 1.57 bits per heavy atom. The van der Waals surface area contributed by atoms with Gasteiger partial charge in [0.05, 0.1) is 5.75 Å². The van der Waals surface area contributed by atoms with E-state index in [2.05, 4.69) is 0 Å². The molecule has 0 bridgehead atoms. The summed E-state index contributed by atoms with van der Waals surface area (Å²) in [4.78, 5) is 33.2. The van der Waals surface area contributed by atoms with Crippen LogP contribution in [0.15, 0.2) is 0 Å². The first-order valence-electron chi connectivity index (χ1n) is 4.50. The number of hydrogen-bond donors (Lipinski definition) is 0. The summed E-state index contributed by atoms with van der Waals surface area (Å²) < 4.78 is 4.81. The molecule has 5 heteroatoms. The summed E-state index contributed by atoms with van der Waals surface area (Å²) in [6, 6.07) is 0. The van der Waals surface area contributed by atoms with E-state index in [0.29, 0.717) is 12.8 Å². The summed E-state index contributed by atoms with van der Waals surface area (Å²) in [5.41, 5.74) is 0. The molecule has 0 radical (unpaired) electrons. The fraction of sp³-hybridized carbons (Fsp3) is 0.667. The summed E-state index contributed by atoms with van der Waals surface area (Å²) in [5, 5.41) is -0.181. The van der Waals surface area contributed by atoms with Gasteiger partial charge in [-0.3, -0.25) is 14.4 Å². The van der Waals surface area contributed by atoms with Crippen LogP contribution in [0.4, 0.5) is 0 Å². The fourth-order valence-corrected chi connectivity index (χ4v) is 1.97. The van der Waals surface area contributed by atoms with Gasteiger partial charge in [-0.15, -0.1) is 0 Å². The summed E-state index contributed by atoms with van der Waals surface area (Å²) >= 11 is 0.999. The molecule has 1 atom stereocenters. The van der Waals surface area contributed by atoms with Crippen LogP contribution in [0.5, 0.6) is 0 Å². The average molecular weight is 216 g/mol. The van der Waals surface area contributed by atoms with Crippen molar-refractivity contribution in [3.63, 3.8) is 0 Å². The van der Waals surface area contributed by atoms with E-state index in [1.165, 1.54) is 0 Å². The Labute approximate surface area is 86.4 Å². The van der Waals surface area contributed by atoms with E-state index >= 15 is 0 Å². The van der Waals surface area contributed by atoms with Crippen molar-refractivity contribution in [2.45, 2.75) is 19.8 Å². The highest BCUT2D eigenvalue weighted by atomic mass is 32.2. The molecule has 0 aromatic rings. The van der Waals surface area contributed by atoms with Crippen LogP contribution in [0.1, 0.15) is 19.8 Å². The Morgan fingerprint density at radius 2 is 2.29 bits per heavy atom. The molecule has 1 saturated heterocycles. The smallest absolute Gasteiger partial charge is 0.305 e. The minimum absolute atomic E-state index is 0.0799. The van der Waals surface area contributed by atoms with E-state index in [0.717, 1.165) is 11.8 Å². The Balaban J connectivity index is 2.33. The maximum absolute atomic E-state index is 11.1. The number of hydrogen-bond acceptors (Lipinski definition) is 5. The molecule has 0 amide bonds. The van der Waals surface area contributed by atoms with E-state index in [-0.39, 0.29) is 29.2 Å². The molecule has 4 nitrogen and oxygen atoms in total. The predicted octanol–water partition coefficient (Wildman–Crippen LogP) is 0.788. The maximum atomic E-state index is 11.1. The van der Waals surface area contributed by atoms with Gasteiger partial charge in [0.1, 0.15) is 12.5 Å². The summed E-state index contributed by atoms with van der Waals surface area (Å²) in [6.07, 6.45) is 1.04. The number of carbonyl (C=O) groups is 3. The number of thioether (sulfide) groups is 1. The second kappa shape index (κ2) is 5.14.